The normalized spacial score (nSPS) is 11.7. The van der Waals surface area contributed by atoms with E-state index in [2.05, 4.69) is 20.8 Å². The number of benzene rings is 3. The Bertz CT molecular complexity index is 1130. The fourth-order valence-corrected chi connectivity index (χ4v) is 3.09. The minimum atomic E-state index is -0.472. The number of aromatic nitrogens is 4. The number of rotatable bonds is 6. The predicted molar refractivity (Wildman–Crippen MR) is 108 cm³/mol. The summed E-state index contributed by atoms with van der Waals surface area (Å²) in [5.74, 6) is 0.0832. The van der Waals surface area contributed by atoms with Crippen LogP contribution in [0.2, 0.25) is 0 Å². The van der Waals surface area contributed by atoms with Crippen LogP contribution in [0.3, 0.4) is 0 Å². The van der Waals surface area contributed by atoms with E-state index in [1.54, 1.807) is 43.5 Å². The molecular weight excluding hydrogens is 385 g/mol. The van der Waals surface area contributed by atoms with E-state index in [1.807, 2.05) is 24.3 Å². The molecule has 4 rings (SSSR count). The summed E-state index contributed by atoms with van der Waals surface area (Å²) in [4.78, 5) is 13.0. The fourth-order valence-electron chi connectivity index (χ4n) is 3.09. The van der Waals surface area contributed by atoms with Gasteiger partial charge in [0.05, 0.1) is 18.8 Å². The summed E-state index contributed by atoms with van der Waals surface area (Å²) in [5.41, 5.74) is 2.71. The van der Waals surface area contributed by atoms with Gasteiger partial charge >= 0.3 is 0 Å². The van der Waals surface area contributed by atoms with E-state index in [-0.39, 0.29) is 11.7 Å². The quantitative estimate of drug-likeness (QED) is 0.534. The summed E-state index contributed by atoms with van der Waals surface area (Å²) in [6, 6.07) is 19.9. The predicted octanol–water partition coefficient (Wildman–Crippen LogP) is 3.33. The summed E-state index contributed by atoms with van der Waals surface area (Å²) in [6.45, 7) is 0. The monoisotopic (exact) mass is 403 g/mol. The molecule has 150 valence electrons. The molecule has 4 aromatic rings. The van der Waals surface area contributed by atoms with Gasteiger partial charge in [0, 0.05) is 5.56 Å². The lowest BCUT2D eigenvalue weighted by Gasteiger charge is -2.20. The van der Waals surface area contributed by atoms with Crippen molar-refractivity contribution < 1.29 is 13.9 Å². The third kappa shape index (κ3) is 4.17. The van der Waals surface area contributed by atoms with Gasteiger partial charge in [0.15, 0.2) is 0 Å². The molecular formula is C22H18FN5O2. The molecule has 1 N–H and O–H groups in total. The number of nitrogens with one attached hydrogen (secondary N) is 1. The van der Waals surface area contributed by atoms with Crippen LogP contribution in [0.5, 0.6) is 5.75 Å². The number of halogens is 1. The first kappa shape index (κ1) is 19.3. The number of nitrogens with zero attached hydrogens (tertiary/aromatic N) is 4. The molecule has 1 aromatic heterocycles. The summed E-state index contributed by atoms with van der Waals surface area (Å²) in [6.07, 6.45) is 1.45. The Morgan fingerprint density at radius 1 is 1.03 bits per heavy atom. The maximum Gasteiger partial charge on any atom is 0.252 e. The number of ether oxygens (including phenoxy) is 1. The minimum Gasteiger partial charge on any atom is -0.497 e. The van der Waals surface area contributed by atoms with Gasteiger partial charge in [-0.2, -0.15) is 0 Å². The maximum absolute atomic E-state index is 13.4. The van der Waals surface area contributed by atoms with Gasteiger partial charge in [-0.3, -0.25) is 4.79 Å². The SMILES string of the molecule is COc1ccc(C(NC(=O)c2cccc(-n3cnnn3)c2)c2ccc(F)cc2)cc1. The second kappa shape index (κ2) is 8.52. The Morgan fingerprint density at radius 2 is 1.73 bits per heavy atom. The van der Waals surface area contributed by atoms with Crippen molar-refractivity contribution in [3.05, 3.63) is 102 Å². The topological polar surface area (TPSA) is 81.9 Å². The maximum atomic E-state index is 13.4. The molecule has 1 atom stereocenters. The lowest BCUT2D eigenvalue weighted by Crippen LogP contribution is -2.29. The highest BCUT2D eigenvalue weighted by Crippen LogP contribution is 2.25. The largest absolute Gasteiger partial charge is 0.497 e. The van der Waals surface area contributed by atoms with E-state index in [0.29, 0.717) is 17.0 Å². The molecule has 0 saturated carbocycles. The van der Waals surface area contributed by atoms with Crippen LogP contribution in [0.4, 0.5) is 4.39 Å². The molecule has 0 aliphatic rings. The highest BCUT2D eigenvalue weighted by Gasteiger charge is 2.19. The van der Waals surface area contributed by atoms with E-state index >= 15 is 0 Å². The summed E-state index contributed by atoms with van der Waals surface area (Å²) in [5, 5.41) is 14.1. The van der Waals surface area contributed by atoms with E-state index in [4.69, 9.17) is 4.74 Å². The molecule has 0 fully saturated rings. The van der Waals surface area contributed by atoms with Crippen LogP contribution in [-0.4, -0.2) is 33.2 Å². The molecule has 0 radical (unpaired) electrons. The van der Waals surface area contributed by atoms with Crippen LogP contribution in [0, 0.1) is 5.82 Å². The van der Waals surface area contributed by atoms with Gasteiger partial charge in [-0.15, -0.1) is 5.10 Å². The van der Waals surface area contributed by atoms with Crippen LogP contribution < -0.4 is 10.1 Å². The number of carbonyl (C=O) groups is 1. The van der Waals surface area contributed by atoms with Gasteiger partial charge in [-0.1, -0.05) is 30.3 Å². The van der Waals surface area contributed by atoms with Crippen LogP contribution in [0.25, 0.3) is 5.69 Å². The molecule has 0 spiro atoms. The molecule has 1 unspecified atom stereocenters. The number of hydrogen-bond donors (Lipinski definition) is 1. The van der Waals surface area contributed by atoms with Gasteiger partial charge < -0.3 is 10.1 Å². The zero-order valence-electron chi connectivity index (χ0n) is 16.1. The van der Waals surface area contributed by atoms with Crippen molar-refractivity contribution >= 4 is 5.91 Å². The summed E-state index contributed by atoms with van der Waals surface area (Å²) in [7, 11) is 1.59. The average molecular weight is 403 g/mol. The van der Waals surface area contributed by atoms with Gasteiger partial charge in [-0.25, -0.2) is 9.07 Å². The van der Waals surface area contributed by atoms with Gasteiger partial charge in [0.1, 0.15) is 17.9 Å². The lowest BCUT2D eigenvalue weighted by molar-refractivity contribution is 0.0943. The minimum absolute atomic E-state index is 0.282. The molecule has 1 heterocycles. The average Bonchev–Trinajstić information content (AvgIpc) is 3.33. The Morgan fingerprint density at radius 3 is 2.37 bits per heavy atom. The van der Waals surface area contributed by atoms with Crippen molar-refractivity contribution in [1.29, 1.82) is 0 Å². The number of tetrazole rings is 1. The smallest absolute Gasteiger partial charge is 0.252 e. The standard InChI is InChI=1S/C22H18FN5O2/c1-30-20-11-7-16(8-12-20)21(15-5-9-18(23)10-6-15)25-22(29)17-3-2-4-19(13-17)28-14-24-26-27-28/h2-14,21H,1H3,(H,25,29). The number of amides is 1. The molecule has 30 heavy (non-hydrogen) atoms. The third-order valence-electron chi connectivity index (χ3n) is 4.65. The Balaban J connectivity index is 1.65. The molecule has 1 amide bonds. The van der Waals surface area contributed by atoms with Crippen LogP contribution in [0.15, 0.2) is 79.1 Å². The third-order valence-corrected chi connectivity index (χ3v) is 4.65. The Kier molecular flexibility index (Phi) is 5.47. The molecule has 0 bridgehead atoms. The zero-order valence-corrected chi connectivity index (χ0v) is 16.1. The van der Waals surface area contributed by atoms with Gasteiger partial charge in [0.2, 0.25) is 0 Å². The highest BCUT2D eigenvalue weighted by molar-refractivity contribution is 5.95. The Labute approximate surface area is 172 Å². The molecule has 0 aliphatic heterocycles. The van der Waals surface area contributed by atoms with Crippen LogP contribution in [-0.2, 0) is 0 Å². The summed E-state index contributed by atoms with van der Waals surface area (Å²) < 4.78 is 20.1. The van der Waals surface area contributed by atoms with Crippen molar-refractivity contribution in [2.75, 3.05) is 7.11 Å². The molecule has 7 nitrogen and oxygen atoms in total. The van der Waals surface area contributed by atoms with Crippen molar-refractivity contribution in [2.24, 2.45) is 0 Å². The van der Waals surface area contributed by atoms with Crippen LogP contribution >= 0.6 is 0 Å². The summed E-state index contributed by atoms with van der Waals surface area (Å²) >= 11 is 0. The van der Waals surface area contributed by atoms with E-state index in [9.17, 15) is 9.18 Å². The van der Waals surface area contributed by atoms with E-state index < -0.39 is 6.04 Å². The number of methoxy groups -OCH3 is 1. The van der Waals surface area contributed by atoms with Crippen molar-refractivity contribution in [2.45, 2.75) is 6.04 Å². The first-order valence-corrected chi connectivity index (χ1v) is 9.18. The second-order valence-corrected chi connectivity index (χ2v) is 6.54. The van der Waals surface area contributed by atoms with Gasteiger partial charge in [0.25, 0.3) is 5.91 Å². The number of hydrogen-bond acceptors (Lipinski definition) is 5. The van der Waals surface area contributed by atoms with E-state index in [1.165, 1.54) is 23.1 Å². The van der Waals surface area contributed by atoms with Crippen molar-refractivity contribution in [3.63, 3.8) is 0 Å². The van der Waals surface area contributed by atoms with E-state index in [0.717, 1.165) is 11.1 Å². The highest BCUT2D eigenvalue weighted by atomic mass is 19.1. The first-order chi connectivity index (χ1) is 14.6. The molecule has 8 heteroatoms. The van der Waals surface area contributed by atoms with Crippen molar-refractivity contribution in [3.8, 4) is 11.4 Å². The molecule has 3 aromatic carbocycles. The van der Waals surface area contributed by atoms with Gasteiger partial charge in [-0.05, 0) is 64.0 Å². The van der Waals surface area contributed by atoms with Crippen molar-refractivity contribution in [1.82, 2.24) is 25.5 Å². The first-order valence-electron chi connectivity index (χ1n) is 9.18. The number of carbonyl (C=O) groups excluding carboxylic acids is 1. The zero-order chi connectivity index (χ0) is 20.9. The lowest BCUT2D eigenvalue weighted by atomic mass is 9.98. The van der Waals surface area contributed by atoms with Crippen LogP contribution in [0.1, 0.15) is 27.5 Å². The second-order valence-electron chi connectivity index (χ2n) is 6.54. The fraction of sp³-hybridized carbons (Fsp3) is 0.0909. The molecule has 0 saturated heterocycles. The molecule has 0 aliphatic carbocycles. The Hall–Kier alpha value is -4.07.